The van der Waals surface area contributed by atoms with Crippen LogP contribution in [0.2, 0.25) is 0 Å². The average molecular weight is 320 g/mol. The second-order valence-corrected chi connectivity index (χ2v) is 6.57. The van der Waals surface area contributed by atoms with Crippen LogP contribution in [0.1, 0.15) is 20.3 Å². The Hall–Kier alpha value is -1.48. The molecule has 0 aromatic rings. The molecule has 8 heteroatoms. The number of hydrogen-bond acceptors (Lipinski definition) is 6. The Labute approximate surface area is 126 Å². The molecule has 0 rings (SSSR count). The van der Waals surface area contributed by atoms with Crippen molar-refractivity contribution in [1.29, 1.82) is 0 Å². The number of carbonyl (C=O) groups is 2. The molecule has 0 fully saturated rings. The molecule has 0 radical (unpaired) electrons. The largest absolute Gasteiger partial charge is 0.529 e. The zero-order valence-corrected chi connectivity index (χ0v) is 14.2. The lowest BCUT2D eigenvalue weighted by atomic mass is 10.4. The number of carboxylic acids is 1. The van der Waals surface area contributed by atoms with E-state index in [1.54, 1.807) is 0 Å². The van der Waals surface area contributed by atoms with Crippen LogP contribution in [0.25, 0.3) is 0 Å². The first-order valence-electron chi connectivity index (χ1n) is 6.18. The van der Waals surface area contributed by atoms with Crippen LogP contribution in [0.5, 0.6) is 0 Å². The van der Waals surface area contributed by atoms with E-state index in [0.29, 0.717) is 6.61 Å². The van der Waals surface area contributed by atoms with Crippen LogP contribution in [-0.4, -0.2) is 53.8 Å². The molecular weight excluding hydrogens is 296 g/mol. The zero-order valence-electron chi connectivity index (χ0n) is 13.2. The fourth-order valence-corrected chi connectivity index (χ4v) is 2.12. The molecule has 0 spiro atoms. The molecule has 0 aromatic carbocycles. The molecule has 7 nitrogen and oxygen atoms in total. The first-order valence-corrected chi connectivity index (χ1v) is 7.99. The van der Waals surface area contributed by atoms with Gasteiger partial charge in [-0.3, -0.25) is 0 Å². The van der Waals surface area contributed by atoms with Crippen molar-refractivity contribution in [2.75, 3.05) is 27.9 Å². The normalized spacial score (nSPS) is 10.7. The van der Waals surface area contributed by atoms with Gasteiger partial charge in [0.25, 0.3) is 0 Å². The number of rotatable bonds is 8. The summed E-state index contributed by atoms with van der Waals surface area (Å²) in [6, 6.07) is 0. The van der Waals surface area contributed by atoms with Gasteiger partial charge in [-0.05, 0) is 19.0 Å². The van der Waals surface area contributed by atoms with Crippen molar-refractivity contribution in [3.8, 4) is 0 Å². The fourth-order valence-electron chi connectivity index (χ4n) is 0.875. The van der Waals surface area contributed by atoms with E-state index in [-0.39, 0.29) is 5.57 Å². The number of ether oxygens (including phenoxy) is 1. The van der Waals surface area contributed by atoms with Crippen molar-refractivity contribution in [3.63, 3.8) is 0 Å². The highest BCUT2D eigenvalue weighted by Crippen LogP contribution is 2.07. The average Bonchev–Trinajstić information content (AvgIpc) is 2.47. The maximum Gasteiger partial charge on any atom is 0.529 e. The topological polar surface area (TPSA) is 91.3 Å². The van der Waals surface area contributed by atoms with Gasteiger partial charge >= 0.3 is 20.7 Å². The van der Waals surface area contributed by atoms with Crippen molar-refractivity contribution in [2.24, 2.45) is 0 Å². The lowest BCUT2D eigenvalue weighted by Gasteiger charge is -2.19. The fraction of sp³-hybridized carbons (Fsp3) is 0.538. The maximum atomic E-state index is 11.1. The maximum absolute atomic E-state index is 11.1. The zero-order chi connectivity index (χ0) is 16.9. The van der Waals surface area contributed by atoms with E-state index in [2.05, 4.69) is 6.58 Å². The van der Waals surface area contributed by atoms with Crippen molar-refractivity contribution in [1.82, 2.24) is 0 Å². The first kappa shape index (κ1) is 21.8. The molecule has 0 atom stereocenters. The van der Waals surface area contributed by atoms with E-state index in [9.17, 15) is 9.59 Å². The van der Waals surface area contributed by atoms with Crippen molar-refractivity contribution < 1.29 is 32.7 Å². The summed E-state index contributed by atoms with van der Waals surface area (Å²) >= 11 is 0. The lowest BCUT2D eigenvalue weighted by Crippen LogP contribution is -2.41. The molecule has 0 aliphatic rings. The Morgan fingerprint density at radius 3 is 1.90 bits per heavy atom. The molecule has 1 N–H and O–H groups in total. The second-order valence-electron chi connectivity index (χ2n) is 3.80. The molecular formula is C13H24O7Si. The Kier molecular flexibility index (Phi) is 12.7. The van der Waals surface area contributed by atoms with Gasteiger partial charge in [0.05, 0.1) is 6.61 Å². The number of aliphatic carboxylic acids is 1. The molecule has 0 bridgehead atoms. The third kappa shape index (κ3) is 10.9. The number of hydrogen-bond donors (Lipinski definition) is 1. The van der Waals surface area contributed by atoms with Gasteiger partial charge in [0.2, 0.25) is 0 Å². The van der Waals surface area contributed by atoms with Gasteiger partial charge < -0.3 is 23.1 Å². The highest BCUT2D eigenvalue weighted by Gasteiger charge is 2.34. The third-order valence-electron chi connectivity index (χ3n) is 2.09. The van der Waals surface area contributed by atoms with Gasteiger partial charge in [-0.2, -0.15) is 0 Å². The number of esters is 1. The van der Waals surface area contributed by atoms with E-state index in [4.69, 9.17) is 23.1 Å². The molecule has 21 heavy (non-hydrogen) atoms. The van der Waals surface area contributed by atoms with Crippen LogP contribution in [0, 0.1) is 0 Å². The predicted molar refractivity (Wildman–Crippen MR) is 79.6 cm³/mol. The summed E-state index contributed by atoms with van der Waals surface area (Å²) in [6.45, 7) is 6.94. The molecule has 122 valence electrons. The summed E-state index contributed by atoms with van der Waals surface area (Å²) in [7, 11) is 1.62. The molecule has 0 unspecified atom stereocenters. The molecule has 0 amide bonds. The summed E-state index contributed by atoms with van der Waals surface area (Å²) in [5, 5.41) is 7.89. The predicted octanol–water partition coefficient (Wildman–Crippen LogP) is 1.56. The van der Waals surface area contributed by atoms with Gasteiger partial charge in [0, 0.05) is 33.0 Å². The van der Waals surface area contributed by atoms with Crippen molar-refractivity contribution in [3.05, 3.63) is 23.9 Å². The second kappa shape index (κ2) is 12.3. The Balaban J connectivity index is 0. The van der Waals surface area contributed by atoms with Gasteiger partial charge in [-0.1, -0.05) is 13.5 Å². The summed E-state index contributed by atoms with van der Waals surface area (Å²) in [5.41, 5.74) is 1.67. The standard InChI is InChI=1S/C9H18O5Si.C4H6O2/c1-5-7-14-9(10)6-8-15(11-2,12-3)13-4;1-3(2)4(5)6/h6,8H,5,7H2,1-4H3;1H2,2H3,(H,5,6). The number of carboxylic acid groups (broad SMARTS) is 1. The highest BCUT2D eigenvalue weighted by molar-refractivity contribution is 6.66. The van der Waals surface area contributed by atoms with E-state index < -0.39 is 20.7 Å². The van der Waals surface area contributed by atoms with Crippen LogP contribution >= 0.6 is 0 Å². The molecule has 0 aliphatic heterocycles. The summed E-state index contributed by atoms with van der Waals surface area (Å²) in [5.74, 6) is -1.35. The minimum absolute atomic E-state index is 0.176. The van der Waals surface area contributed by atoms with E-state index in [1.807, 2.05) is 6.92 Å². The number of carbonyl (C=O) groups excluding carboxylic acids is 1. The Morgan fingerprint density at radius 2 is 1.62 bits per heavy atom. The van der Waals surface area contributed by atoms with Gasteiger partial charge in [-0.25, -0.2) is 9.59 Å². The van der Waals surface area contributed by atoms with Gasteiger partial charge in [0.15, 0.2) is 0 Å². The smallest absolute Gasteiger partial charge is 0.478 e. The molecule has 0 saturated carbocycles. The summed E-state index contributed by atoms with van der Waals surface area (Å²) < 4.78 is 20.1. The molecule has 0 aromatic heterocycles. The van der Waals surface area contributed by atoms with Crippen LogP contribution < -0.4 is 0 Å². The van der Waals surface area contributed by atoms with Crippen LogP contribution in [-0.2, 0) is 27.6 Å². The molecule has 0 aliphatic carbocycles. The van der Waals surface area contributed by atoms with Crippen LogP contribution in [0.15, 0.2) is 23.9 Å². The summed E-state index contributed by atoms with van der Waals surface area (Å²) in [4.78, 5) is 20.7. The Bertz CT molecular complexity index is 341. The van der Waals surface area contributed by atoms with E-state index in [0.717, 1.165) is 6.42 Å². The van der Waals surface area contributed by atoms with Crippen molar-refractivity contribution >= 4 is 20.7 Å². The third-order valence-corrected chi connectivity index (χ3v) is 4.37. The highest BCUT2D eigenvalue weighted by atomic mass is 28.4. The monoisotopic (exact) mass is 320 g/mol. The summed E-state index contributed by atoms with van der Waals surface area (Å²) in [6.07, 6.45) is 2.07. The minimum atomic E-state index is -2.80. The lowest BCUT2D eigenvalue weighted by molar-refractivity contribution is -0.137. The Morgan fingerprint density at radius 1 is 1.19 bits per heavy atom. The van der Waals surface area contributed by atoms with Crippen LogP contribution in [0.4, 0.5) is 0 Å². The van der Waals surface area contributed by atoms with Crippen molar-refractivity contribution in [2.45, 2.75) is 20.3 Å². The molecule has 0 saturated heterocycles. The minimum Gasteiger partial charge on any atom is -0.478 e. The SMILES string of the molecule is C=C(C)C(=O)O.CCCOC(=O)C=C[Si](OC)(OC)OC. The first-order chi connectivity index (χ1) is 9.78. The van der Waals surface area contributed by atoms with Gasteiger partial charge in [-0.15, -0.1) is 0 Å². The van der Waals surface area contributed by atoms with Gasteiger partial charge in [0.1, 0.15) is 0 Å². The quantitative estimate of drug-likeness (QED) is 0.412. The van der Waals surface area contributed by atoms with E-state index >= 15 is 0 Å². The van der Waals surface area contributed by atoms with Crippen LogP contribution in [0.3, 0.4) is 0 Å². The molecule has 0 heterocycles. The van der Waals surface area contributed by atoms with E-state index in [1.165, 1.54) is 40.0 Å².